The van der Waals surface area contributed by atoms with Gasteiger partial charge < -0.3 is 11.1 Å². The first-order valence-electron chi connectivity index (χ1n) is 7.30. The molecule has 1 heterocycles. The van der Waals surface area contributed by atoms with Gasteiger partial charge >= 0.3 is 0 Å². The average Bonchev–Trinajstić information content (AvgIpc) is 2.44. The molecule has 0 aliphatic rings. The van der Waals surface area contributed by atoms with Gasteiger partial charge in [-0.1, -0.05) is 58.0 Å². The lowest BCUT2D eigenvalue weighted by molar-refractivity contribution is 0.274. The van der Waals surface area contributed by atoms with Gasteiger partial charge in [0, 0.05) is 18.2 Å². The molecule has 1 atom stereocenters. The monoisotopic (exact) mass is 284 g/mol. The van der Waals surface area contributed by atoms with Gasteiger partial charge in [-0.05, 0) is 11.3 Å². The quantitative estimate of drug-likeness (QED) is 0.896. The SMILES string of the molecule is CC(CNc1cc(N)nc(-c2ccccc2)n1)C(C)(C)C. The Labute approximate surface area is 126 Å². The third kappa shape index (κ3) is 4.18. The molecule has 0 aliphatic carbocycles. The molecule has 0 fully saturated rings. The first-order valence-corrected chi connectivity index (χ1v) is 7.30. The summed E-state index contributed by atoms with van der Waals surface area (Å²) in [6.45, 7) is 9.80. The standard InChI is InChI=1S/C17H24N4/c1-12(17(2,3)4)11-19-15-10-14(18)20-16(21-15)13-8-6-5-7-9-13/h5-10,12H,11H2,1-4H3,(H3,18,19,20,21). The van der Waals surface area contributed by atoms with Crippen LogP contribution >= 0.6 is 0 Å². The lowest BCUT2D eigenvalue weighted by Gasteiger charge is -2.27. The van der Waals surface area contributed by atoms with E-state index in [2.05, 4.69) is 43.0 Å². The fourth-order valence-corrected chi connectivity index (χ4v) is 1.84. The van der Waals surface area contributed by atoms with Crippen LogP contribution in [0.3, 0.4) is 0 Å². The van der Waals surface area contributed by atoms with Crippen molar-refractivity contribution in [2.24, 2.45) is 11.3 Å². The number of nitrogens with one attached hydrogen (secondary N) is 1. The molecule has 0 amide bonds. The summed E-state index contributed by atoms with van der Waals surface area (Å²) in [6, 6.07) is 11.7. The Balaban J connectivity index is 2.17. The minimum atomic E-state index is 0.258. The van der Waals surface area contributed by atoms with Crippen molar-refractivity contribution in [2.45, 2.75) is 27.7 Å². The van der Waals surface area contributed by atoms with Crippen molar-refractivity contribution in [3.63, 3.8) is 0 Å². The van der Waals surface area contributed by atoms with Crippen molar-refractivity contribution in [3.8, 4) is 11.4 Å². The summed E-state index contributed by atoms with van der Waals surface area (Å²) in [5, 5.41) is 3.37. The van der Waals surface area contributed by atoms with E-state index in [0.29, 0.717) is 17.6 Å². The topological polar surface area (TPSA) is 63.8 Å². The Hall–Kier alpha value is -2.10. The summed E-state index contributed by atoms with van der Waals surface area (Å²) in [5.41, 5.74) is 7.12. The highest BCUT2D eigenvalue weighted by Crippen LogP contribution is 2.26. The van der Waals surface area contributed by atoms with E-state index in [1.54, 1.807) is 6.07 Å². The Bertz CT molecular complexity index is 587. The van der Waals surface area contributed by atoms with Crippen LogP contribution in [0, 0.1) is 11.3 Å². The second-order valence-corrected chi connectivity index (χ2v) is 6.52. The molecule has 1 aromatic heterocycles. The number of benzene rings is 1. The highest BCUT2D eigenvalue weighted by atomic mass is 15.0. The Morgan fingerprint density at radius 2 is 1.81 bits per heavy atom. The molecule has 112 valence electrons. The van der Waals surface area contributed by atoms with E-state index in [-0.39, 0.29) is 5.41 Å². The number of nitrogens with two attached hydrogens (primary N) is 1. The van der Waals surface area contributed by atoms with Crippen LogP contribution in [0.2, 0.25) is 0 Å². The van der Waals surface area contributed by atoms with Gasteiger partial charge in [-0.3, -0.25) is 0 Å². The van der Waals surface area contributed by atoms with E-state index in [4.69, 9.17) is 5.73 Å². The van der Waals surface area contributed by atoms with Crippen molar-refractivity contribution >= 4 is 11.6 Å². The number of anilines is 2. The van der Waals surface area contributed by atoms with Crippen LogP contribution in [-0.4, -0.2) is 16.5 Å². The smallest absolute Gasteiger partial charge is 0.163 e. The van der Waals surface area contributed by atoms with E-state index in [9.17, 15) is 0 Å². The molecule has 0 spiro atoms. The van der Waals surface area contributed by atoms with E-state index in [1.807, 2.05) is 30.3 Å². The van der Waals surface area contributed by atoms with E-state index in [1.165, 1.54) is 0 Å². The Morgan fingerprint density at radius 3 is 2.43 bits per heavy atom. The molecule has 0 radical (unpaired) electrons. The second kappa shape index (κ2) is 6.12. The number of nitrogens with zero attached hydrogens (tertiary/aromatic N) is 2. The lowest BCUT2D eigenvalue weighted by atomic mass is 9.82. The van der Waals surface area contributed by atoms with Gasteiger partial charge in [0.05, 0.1) is 0 Å². The highest BCUT2D eigenvalue weighted by molar-refractivity contribution is 5.60. The normalized spacial score (nSPS) is 13.0. The zero-order chi connectivity index (χ0) is 15.5. The second-order valence-electron chi connectivity index (χ2n) is 6.52. The maximum atomic E-state index is 5.90. The molecule has 1 aromatic carbocycles. The maximum Gasteiger partial charge on any atom is 0.163 e. The van der Waals surface area contributed by atoms with Gasteiger partial charge in [-0.25, -0.2) is 9.97 Å². The number of hydrogen-bond donors (Lipinski definition) is 2. The van der Waals surface area contributed by atoms with E-state index in [0.717, 1.165) is 17.9 Å². The van der Waals surface area contributed by atoms with Gasteiger partial charge in [-0.2, -0.15) is 0 Å². The fourth-order valence-electron chi connectivity index (χ4n) is 1.84. The third-order valence-corrected chi connectivity index (χ3v) is 3.85. The fraction of sp³-hybridized carbons (Fsp3) is 0.412. The van der Waals surface area contributed by atoms with Gasteiger partial charge in [0.1, 0.15) is 11.6 Å². The van der Waals surface area contributed by atoms with Crippen molar-refractivity contribution in [2.75, 3.05) is 17.6 Å². The van der Waals surface area contributed by atoms with Gasteiger partial charge in [-0.15, -0.1) is 0 Å². The largest absolute Gasteiger partial charge is 0.384 e. The van der Waals surface area contributed by atoms with Crippen molar-refractivity contribution < 1.29 is 0 Å². The molecular formula is C17H24N4. The molecule has 4 nitrogen and oxygen atoms in total. The molecule has 0 bridgehead atoms. The number of aromatic nitrogens is 2. The molecule has 1 unspecified atom stereocenters. The molecule has 4 heteroatoms. The molecule has 0 aliphatic heterocycles. The van der Waals surface area contributed by atoms with Crippen LogP contribution in [0.5, 0.6) is 0 Å². The molecule has 2 rings (SSSR count). The maximum absolute atomic E-state index is 5.90. The summed E-state index contributed by atoms with van der Waals surface area (Å²) in [6.07, 6.45) is 0. The lowest BCUT2D eigenvalue weighted by Crippen LogP contribution is -2.25. The zero-order valence-corrected chi connectivity index (χ0v) is 13.2. The van der Waals surface area contributed by atoms with Crippen molar-refractivity contribution in [3.05, 3.63) is 36.4 Å². The predicted molar refractivity (Wildman–Crippen MR) is 89.0 cm³/mol. The summed E-state index contributed by atoms with van der Waals surface area (Å²) in [5.74, 6) is 2.43. The van der Waals surface area contributed by atoms with Crippen LogP contribution in [0.15, 0.2) is 36.4 Å². The minimum absolute atomic E-state index is 0.258. The molecule has 21 heavy (non-hydrogen) atoms. The van der Waals surface area contributed by atoms with Crippen molar-refractivity contribution in [1.82, 2.24) is 9.97 Å². The van der Waals surface area contributed by atoms with Crippen LogP contribution < -0.4 is 11.1 Å². The average molecular weight is 284 g/mol. The van der Waals surface area contributed by atoms with Crippen LogP contribution in [0.1, 0.15) is 27.7 Å². The molecular weight excluding hydrogens is 260 g/mol. The first-order chi connectivity index (χ1) is 9.86. The van der Waals surface area contributed by atoms with Crippen LogP contribution in [0.4, 0.5) is 11.6 Å². The summed E-state index contributed by atoms with van der Waals surface area (Å²) < 4.78 is 0. The minimum Gasteiger partial charge on any atom is -0.384 e. The Morgan fingerprint density at radius 1 is 1.14 bits per heavy atom. The zero-order valence-electron chi connectivity index (χ0n) is 13.2. The predicted octanol–water partition coefficient (Wildman–Crippen LogP) is 3.82. The van der Waals surface area contributed by atoms with Gasteiger partial charge in [0.15, 0.2) is 5.82 Å². The number of hydrogen-bond acceptors (Lipinski definition) is 4. The summed E-state index contributed by atoms with van der Waals surface area (Å²) in [4.78, 5) is 8.86. The van der Waals surface area contributed by atoms with Gasteiger partial charge in [0.2, 0.25) is 0 Å². The van der Waals surface area contributed by atoms with Crippen LogP contribution in [0.25, 0.3) is 11.4 Å². The molecule has 2 aromatic rings. The molecule has 0 saturated carbocycles. The number of rotatable bonds is 4. The first kappa shape index (κ1) is 15.3. The summed E-state index contributed by atoms with van der Waals surface area (Å²) >= 11 is 0. The Kier molecular flexibility index (Phi) is 4.46. The van der Waals surface area contributed by atoms with E-state index >= 15 is 0 Å². The molecule has 3 N–H and O–H groups in total. The summed E-state index contributed by atoms with van der Waals surface area (Å²) in [7, 11) is 0. The third-order valence-electron chi connectivity index (χ3n) is 3.85. The number of nitrogen functional groups attached to an aromatic ring is 1. The highest BCUT2D eigenvalue weighted by Gasteiger charge is 2.19. The molecule has 0 saturated heterocycles. The van der Waals surface area contributed by atoms with Gasteiger partial charge in [0.25, 0.3) is 0 Å². The van der Waals surface area contributed by atoms with E-state index < -0.39 is 0 Å². The van der Waals surface area contributed by atoms with Crippen molar-refractivity contribution in [1.29, 1.82) is 0 Å². The van der Waals surface area contributed by atoms with Crippen LogP contribution in [-0.2, 0) is 0 Å².